The molecule has 0 saturated heterocycles. The van der Waals surface area contributed by atoms with Crippen LogP contribution in [0, 0.1) is 5.92 Å². The number of nitrogens with zero attached hydrogens (tertiary/aromatic N) is 3. The van der Waals surface area contributed by atoms with Gasteiger partial charge in [-0.3, -0.25) is 9.59 Å². The Morgan fingerprint density at radius 2 is 1.81 bits per heavy atom. The van der Waals surface area contributed by atoms with Crippen LogP contribution in [0.25, 0.3) is 21.1 Å². The summed E-state index contributed by atoms with van der Waals surface area (Å²) in [7, 11) is 0. The lowest BCUT2D eigenvalue weighted by atomic mass is 9.78. The molecule has 3 N–H and O–H groups in total. The molecule has 5 rings (SSSR count). The van der Waals surface area contributed by atoms with Gasteiger partial charge in [0.15, 0.2) is 0 Å². The van der Waals surface area contributed by atoms with Crippen LogP contribution in [0.2, 0.25) is 0 Å². The van der Waals surface area contributed by atoms with E-state index >= 15 is 0 Å². The quantitative estimate of drug-likeness (QED) is 0.469. The Morgan fingerprint density at radius 3 is 2.62 bits per heavy atom. The summed E-state index contributed by atoms with van der Waals surface area (Å²) in [6.07, 6.45) is 4.02. The summed E-state index contributed by atoms with van der Waals surface area (Å²) in [5.74, 6) is 0.380. The lowest BCUT2D eigenvalue weighted by Crippen LogP contribution is -2.33. The minimum Gasteiger partial charge on any atom is -0.365 e. The Balaban J connectivity index is 1.19. The zero-order valence-corrected chi connectivity index (χ0v) is 18.5. The fraction of sp³-hybridized carbons (Fsp3) is 0.333. The Labute approximate surface area is 189 Å². The third kappa shape index (κ3) is 3.98. The molecule has 4 aromatic rings. The van der Waals surface area contributed by atoms with Crippen molar-refractivity contribution in [3.8, 4) is 0 Å². The Morgan fingerprint density at radius 1 is 1.06 bits per heavy atom. The monoisotopic (exact) mass is 447 g/mol. The molecule has 1 fully saturated rings. The van der Waals surface area contributed by atoms with Crippen LogP contribution in [0.4, 0.5) is 0 Å². The highest BCUT2D eigenvalue weighted by molar-refractivity contribution is 7.21. The van der Waals surface area contributed by atoms with Crippen molar-refractivity contribution >= 4 is 44.3 Å². The van der Waals surface area contributed by atoms with E-state index in [1.165, 1.54) is 11.3 Å². The average molecular weight is 448 g/mol. The fourth-order valence-corrected chi connectivity index (χ4v) is 5.93. The Bertz CT molecular complexity index is 1290. The van der Waals surface area contributed by atoms with Crippen molar-refractivity contribution in [3.63, 3.8) is 0 Å². The van der Waals surface area contributed by atoms with Crippen molar-refractivity contribution in [2.45, 2.75) is 38.1 Å². The van der Waals surface area contributed by atoms with Gasteiger partial charge in [-0.1, -0.05) is 35.5 Å². The predicted octanol–water partition coefficient (Wildman–Crippen LogP) is 3.84. The molecule has 0 atom stereocenters. The zero-order valence-electron chi connectivity index (χ0n) is 17.7. The summed E-state index contributed by atoms with van der Waals surface area (Å²) in [6, 6.07) is 15.8. The van der Waals surface area contributed by atoms with Crippen molar-refractivity contribution in [2.24, 2.45) is 11.7 Å². The van der Waals surface area contributed by atoms with Crippen molar-refractivity contribution < 1.29 is 9.59 Å². The summed E-state index contributed by atoms with van der Waals surface area (Å²) in [5, 5.41) is 12.4. The number of rotatable bonds is 6. The molecule has 0 radical (unpaired) electrons. The van der Waals surface area contributed by atoms with E-state index in [4.69, 9.17) is 5.73 Å². The summed E-state index contributed by atoms with van der Waals surface area (Å²) in [5.41, 5.74) is 8.46. The minimum absolute atomic E-state index is 0.0531. The van der Waals surface area contributed by atoms with Crippen LogP contribution in [0.1, 0.15) is 46.8 Å². The van der Waals surface area contributed by atoms with Crippen molar-refractivity contribution in [1.82, 2.24) is 20.3 Å². The SMILES string of the molecule is NC(=O)c1sc2ccccc2c1C1CCC(CNC(=O)Cn2nnc3ccccc32)CC1. The van der Waals surface area contributed by atoms with Crippen LogP contribution in [0.3, 0.4) is 0 Å². The van der Waals surface area contributed by atoms with Crippen molar-refractivity contribution in [1.29, 1.82) is 0 Å². The molecule has 7 nitrogen and oxygen atoms in total. The number of hydrogen-bond donors (Lipinski definition) is 2. The molecular weight excluding hydrogens is 422 g/mol. The van der Waals surface area contributed by atoms with Crippen molar-refractivity contribution in [3.05, 3.63) is 59.0 Å². The van der Waals surface area contributed by atoms with Gasteiger partial charge in [-0.05, 0) is 66.7 Å². The zero-order chi connectivity index (χ0) is 22.1. The van der Waals surface area contributed by atoms with Gasteiger partial charge in [0.05, 0.1) is 10.4 Å². The van der Waals surface area contributed by atoms with Gasteiger partial charge >= 0.3 is 0 Å². The van der Waals surface area contributed by atoms with Gasteiger partial charge < -0.3 is 11.1 Å². The molecule has 2 amide bonds. The highest BCUT2D eigenvalue weighted by atomic mass is 32.1. The molecule has 164 valence electrons. The number of hydrogen-bond acceptors (Lipinski definition) is 5. The maximum absolute atomic E-state index is 12.5. The van der Waals surface area contributed by atoms with Gasteiger partial charge in [0, 0.05) is 11.2 Å². The molecule has 0 bridgehead atoms. The van der Waals surface area contributed by atoms with E-state index in [1.54, 1.807) is 4.68 Å². The largest absolute Gasteiger partial charge is 0.365 e. The highest BCUT2D eigenvalue weighted by Gasteiger charge is 2.28. The lowest BCUT2D eigenvalue weighted by Gasteiger charge is -2.29. The summed E-state index contributed by atoms with van der Waals surface area (Å²) >= 11 is 1.50. The Kier molecular flexibility index (Phi) is 5.61. The third-order valence-electron chi connectivity index (χ3n) is 6.41. The van der Waals surface area contributed by atoms with E-state index < -0.39 is 0 Å². The number of para-hydroxylation sites is 1. The number of benzene rings is 2. The molecule has 2 heterocycles. The number of carbonyl (C=O) groups is 2. The number of thiophene rings is 1. The topological polar surface area (TPSA) is 103 Å². The van der Waals surface area contributed by atoms with Gasteiger partial charge in [0.1, 0.15) is 12.1 Å². The predicted molar refractivity (Wildman–Crippen MR) is 126 cm³/mol. The van der Waals surface area contributed by atoms with Gasteiger partial charge in [-0.2, -0.15) is 0 Å². The minimum atomic E-state index is -0.337. The summed E-state index contributed by atoms with van der Waals surface area (Å²) in [6.45, 7) is 0.823. The van der Waals surface area contributed by atoms with E-state index in [-0.39, 0.29) is 18.4 Å². The molecule has 8 heteroatoms. The maximum atomic E-state index is 12.5. The average Bonchev–Trinajstić information content (AvgIpc) is 3.40. The second kappa shape index (κ2) is 8.70. The molecule has 0 aliphatic heterocycles. The van der Waals surface area contributed by atoms with Crippen LogP contribution in [-0.4, -0.2) is 33.4 Å². The van der Waals surface area contributed by atoms with Crippen LogP contribution < -0.4 is 11.1 Å². The maximum Gasteiger partial charge on any atom is 0.259 e. The summed E-state index contributed by atoms with van der Waals surface area (Å²) in [4.78, 5) is 25.2. The molecular formula is C24H25N5O2S. The van der Waals surface area contributed by atoms with Crippen LogP contribution in [-0.2, 0) is 11.3 Å². The molecule has 1 aliphatic rings. The number of aromatic nitrogens is 3. The van der Waals surface area contributed by atoms with E-state index in [9.17, 15) is 9.59 Å². The van der Waals surface area contributed by atoms with Gasteiger partial charge in [0.25, 0.3) is 5.91 Å². The first kappa shape index (κ1) is 20.6. The third-order valence-corrected chi connectivity index (χ3v) is 7.62. The number of nitrogens with one attached hydrogen (secondary N) is 1. The smallest absolute Gasteiger partial charge is 0.259 e. The van der Waals surface area contributed by atoms with Crippen LogP contribution >= 0.6 is 11.3 Å². The fourth-order valence-electron chi connectivity index (χ4n) is 4.79. The number of fused-ring (bicyclic) bond motifs is 2. The second-order valence-corrected chi connectivity index (χ2v) is 9.52. The van der Waals surface area contributed by atoms with Gasteiger partial charge in [0.2, 0.25) is 5.91 Å². The number of carbonyl (C=O) groups excluding carboxylic acids is 2. The van der Waals surface area contributed by atoms with E-state index in [0.29, 0.717) is 23.3 Å². The molecule has 0 spiro atoms. The standard InChI is InChI=1S/C24H25N5O2S/c25-24(31)23-22(17-5-1-4-8-20(17)32-23)16-11-9-15(10-12-16)13-26-21(30)14-29-19-7-3-2-6-18(19)27-28-29/h1-8,15-16H,9-14H2,(H2,25,31)(H,26,30). The number of amides is 2. The second-order valence-electron chi connectivity index (χ2n) is 8.46. The highest BCUT2D eigenvalue weighted by Crippen LogP contribution is 2.43. The molecule has 1 saturated carbocycles. The number of primary amides is 1. The molecule has 2 aromatic heterocycles. The first-order valence-corrected chi connectivity index (χ1v) is 11.8. The molecule has 2 aromatic carbocycles. The van der Waals surface area contributed by atoms with Crippen LogP contribution in [0.15, 0.2) is 48.5 Å². The van der Waals surface area contributed by atoms with E-state index in [2.05, 4.69) is 27.8 Å². The van der Waals surface area contributed by atoms with E-state index in [1.807, 2.05) is 36.4 Å². The summed E-state index contributed by atoms with van der Waals surface area (Å²) < 4.78 is 2.75. The molecule has 1 aliphatic carbocycles. The Hall–Kier alpha value is -3.26. The number of nitrogens with two attached hydrogens (primary N) is 1. The first-order valence-electron chi connectivity index (χ1n) is 11.0. The normalized spacial score (nSPS) is 18.8. The molecule has 32 heavy (non-hydrogen) atoms. The van der Waals surface area contributed by atoms with Gasteiger partial charge in [-0.25, -0.2) is 4.68 Å². The van der Waals surface area contributed by atoms with Crippen molar-refractivity contribution in [2.75, 3.05) is 6.54 Å². The van der Waals surface area contributed by atoms with Crippen LogP contribution in [0.5, 0.6) is 0 Å². The lowest BCUT2D eigenvalue weighted by molar-refractivity contribution is -0.122. The molecule has 0 unspecified atom stereocenters. The first-order chi connectivity index (χ1) is 15.6. The van der Waals surface area contributed by atoms with E-state index in [0.717, 1.165) is 52.4 Å². The van der Waals surface area contributed by atoms with Gasteiger partial charge in [-0.15, -0.1) is 16.4 Å².